The number of carbonyl (C=O) groups is 1. The van der Waals surface area contributed by atoms with E-state index in [1.807, 2.05) is 0 Å². The molecule has 0 atom stereocenters. The summed E-state index contributed by atoms with van der Waals surface area (Å²) >= 11 is 0. The van der Waals surface area contributed by atoms with E-state index in [2.05, 4.69) is 4.74 Å². The van der Waals surface area contributed by atoms with Gasteiger partial charge in [-0.25, -0.2) is 18.0 Å². The van der Waals surface area contributed by atoms with E-state index in [9.17, 15) is 40.6 Å². The highest BCUT2D eigenvalue weighted by molar-refractivity contribution is 5.91. The SMILES string of the molecule is O=C(O)c1c(O)c(F)c(Oc2c(F)c(F)cc(F)c2F)c(F)c1F. The van der Waals surface area contributed by atoms with Gasteiger partial charge in [0.15, 0.2) is 23.2 Å². The molecule has 11 heteroatoms. The number of carboxylic acids is 1. The van der Waals surface area contributed by atoms with E-state index < -0.39 is 69.5 Å². The van der Waals surface area contributed by atoms with Crippen LogP contribution in [0.1, 0.15) is 10.4 Å². The predicted octanol–water partition coefficient (Wildman–Crippen LogP) is 3.86. The lowest BCUT2D eigenvalue weighted by Crippen LogP contribution is -2.09. The molecule has 0 fully saturated rings. The molecule has 0 heterocycles. The van der Waals surface area contributed by atoms with Gasteiger partial charge in [0, 0.05) is 6.07 Å². The molecule has 0 saturated heterocycles. The van der Waals surface area contributed by atoms with Gasteiger partial charge >= 0.3 is 5.97 Å². The Labute approximate surface area is 127 Å². The monoisotopic (exact) mass is 356 g/mol. The normalized spacial score (nSPS) is 10.8. The van der Waals surface area contributed by atoms with Gasteiger partial charge in [0.2, 0.25) is 34.8 Å². The minimum Gasteiger partial charge on any atom is -0.504 e. The molecule has 2 rings (SSSR count). The average Bonchev–Trinajstić information content (AvgIpc) is 2.50. The quantitative estimate of drug-likeness (QED) is 0.648. The topological polar surface area (TPSA) is 66.8 Å². The van der Waals surface area contributed by atoms with Crippen molar-refractivity contribution < 1.29 is 50.5 Å². The van der Waals surface area contributed by atoms with Crippen molar-refractivity contribution in [3.63, 3.8) is 0 Å². The first-order valence-corrected chi connectivity index (χ1v) is 5.71. The molecule has 0 saturated carbocycles. The largest absolute Gasteiger partial charge is 0.504 e. The predicted molar refractivity (Wildman–Crippen MR) is 61.3 cm³/mol. The van der Waals surface area contributed by atoms with Crippen molar-refractivity contribution in [2.75, 3.05) is 0 Å². The van der Waals surface area contributed by atoms with E-state index >= 15 is 0 Å². The Kier molecular flexibility index (Phi) is 4.28. The van der Waals surface area contributed by atoms with Gasteiger partial charge in [-0.05, 0) is 0 Å². The van der Waals surface area contributed by atoms with Crippen molar-refractivity contribution in [1.29, 1.82) is 0 Å². The van der Waals surface area contributed by atoms with Crippen LogP contribution in [0.2, 0.25) is 0 Å². The maximum atomic E-state index is 13.7. The molecule has 0 aliphatic carbocycles. The molecule has 0 aliphatic heterocycles. The number of rotatable bonds is 3. The van der Waals surface area contributed by atoms with Crippen LogP contribution in [0.5, 0.6) is 17.2 Å². The van der Waals surface area contributed by atoms with Crippen LogP contribution in [0.4, 0.5) is 30.7 Å². The number of benzene rings is 2. The molecule has 0 aromatic heterocycles. The van der Waals surface area contributed by atoms with Crippen LogP contribution in [0.25, 0.3) is 0 Å². The van der Waals surface area contributed by atoms with Gasteiger partial charge in [-0.3, -0.25) is 0 Å². The third-order valence-corrected chi connectivity index (χ3v) is 2.75. The molecule has 0 amide bonds. The number of aromatic hydroxyl groups is 1. The van der Waals surface area contributed by atoms with E-state index in [0.717, 1.165) is 0 Å². The van der Waals surface area contributed by atoms with Crippen LogP contribution in [0, 0.1) is 40.7 Å². The van der Waals surface area contributed by atoms with Crippen LogP contribution < -0.4 is 4.74 Å². The van der Waals surface area contributed by atoms with E-state index in [1.165, 1.54) is 0 Å². The molecule has 0 radical (unpaired) electrons. The number of halogens is 7. The number of hydrogen-bond donors (Lipinski definition) is 2. The fourth-order valence-electron chi connectivity index (χ4n) is 1.65. The molecule has 128 valence electrons. The zero-order chi connectivity index (χ0) is 18.3. The van der Waals surface area contributed by atoms with Crippen LogP contribution in [0.15, 0.2) is 6.07 Å². The molecular formula is C13H3F7O4. The number of hydrogen-bond acceptors (Lipinski definition) is 3. The van der Waals surface area contributed by atoms with E-state index in [0.29, 0.717) is 0 Å². The fraction of sp³-hybridized carbons (Fsp3) is 0. The Morgan fingerprint density at radius 1 is 0.792 bits per heavy atom. The van der Waals surface area contributed by atoms with E-state index in [1.54, 1.807) is 0 Å². The molecule has 0 aliphatic rings. The fourth-order valence-corrected chi connectivity index (χ4v) is 1.65. The van der Waals surface area contributed by atoms with Crippen molar-refractivity contribution in [3.8, 4) is 17.2 Å². The standard InChI is InChI=1S/C13H3F7O4/c14-2-1-3(15)6(17)11(5(2)16)24-12-8(19)7(18)4(13(22)23)10(21)9(12)20/h1,21H,(H,22,23). The number of carboxylic acid groups (broad SMARTS) is 1. The Hall–Kier alpha value is -2.98. The molecule has 0 bridgehead atoms. The Bertz CT molecular complexity index is 811. The second-order valence-corrected chi connectivity index (χ2v) is 4.20. The van der Waals surface area contributed by atoms with Gasteiger partial charge in [-0.1, -0.05) is 0 Å². The molecule has 4 nitrogen and oxygen atoms in total. The summed E-state index contributed by atoms with van der Waals surface area (Å²) in [6.45, 7) is 0. The highest BCUT2D eigenvalue weighted by Gasteiger charge is 2.32. The highest BCUT2D eigenvalue weighted by Crippen LogP contribution is 2.39. The number of ether oxygens (including phenoxy) is 1. The number of aromatic carboxylic acids is 1. The first kappa shape index (κ1) is 17.4. The van der Waals surface area contributed by atoms with Crippen LogP contribution >= 0.6 is 0 Å². The summed E-state index contributed by atoms with van der Waals surface area (Å²) in [4.78, 5) is 10.6. The van der Waals surface area contributed by atoms with E-state index in [-0.39, 0.29) is 6.07 Å². The highest BCUT2D eigenvalue weighted by atomic mass is 19.2. The maximum Gasteiger partial charge on any atom is 0.342 e. The van der Waals surface area contributed by atoms with Crippen LogP contribution in [-0.4, -0.2) is 16.2 Å². The zero-order valence-electron chi connectivity index (χ0n) is 10.9. The van der Waals surface area contributed by atoms with Gasteiger partial charge in [-0.15, -0.1) is 0 Å². The zero-order valence-corrected chi connectivity index (χ0v) is 10.9. The molecule has 2 N–H and O–H groups in total. The van der Waals surface area contributed by atoms with Gasteiger partial charge < -0.3 is 14.9 Å². The van der Waals surface area contributed by atoms with Crippen LogP contribution in [-0.2, 0) is 0 Å². The summed E-state index contributed by atoms with van der Waals surface area (Å²) in [5, 5.41) is 17.7. The Morgan fingerprint density at radius 2 is 1.25 bits per heavy atom. The van der Waals surface area contributed by atoms with Crippen molar-refractivity contribution in [1.82, 2.24) is 0 Å². The Balaban J connectivity index is 2.71. The smallest absolute Gasteiger partial charge is 0.342 e. The summed E-state index contributed by atoms with van der Waals surface area (Å²) in [6.07, 6.45) is 0. The summed E-state index contributed by atoms with van der Waals surface area (Å²) in [6, 6.07) is -0.226. The van der Waals surface area contributed by atoms with Gasteiger partial charge in [0.25, 0.3) is 0 Å². The molecule has 0 unspecified atom stereocenters. The third-order valence-electron chi connectivity index (χ3n) is 2.75. The molecule has 0 spiro atoms. The van der Waals surface area contributed by atoms with Crippen LogP contribution in [0.3, 0.4) is 0 Å². The second-order valence-electron chi connectivity index (χ2n) is 4.20. The molecule has 24 heavy (non-hydrogen) atoms. The van der Waals surface area contributed by atoms with Crippen molar-refractivity contribution >= 4 is 5.97 Å². The lowest BCUT2D eigenvalue weighted by atomic mass is 10.1. The second kappa shape index (κ2) is 5.91. The van der Waals surface area contributed by atoms with Gasteiger partial charge in [0.1, 0.15) is 5.56 Å². The summed E-state index contributed by atoms with van der Waals surface area (Å²) in [5.74, 6) is -23.5. The molecule has 2 aromatic rings. The average molecular weight is 356 g/mol. The summed E-state index contributed by atoms with van der Waals surface area (Å²) < 4.78 is 97.7. The minimum absolute atomic E-state index is 0.226. The first-order chi connectivity index (χ1) is 11.1. The number of phenols is 1. The molecule has 2 aromatic carbocycles. The lowest BCUT2D eigenvalue weighted by molar-refractivity contribution is 0.0685. The summed E-state index contributed by atoms with van der Waals surface area (Å²) in [5.41, 5.74) is -1.82. The van der Waals surface area contributed by atoms with Crippen molar-refractivity contribution in [2.45, 2.75) is 0 Å². The molecular weight excluding hydrogens is 353 g/mol. The lowest BCUT2D eigenvalue weighted by Gasteiger charge is -2.13. The third kappa shape index (κ3) is 2.57. The van der Waals surface area contributed by atoms with Gasteiger partial charge in [0.05, 0.1) is 0 Å². The maximum absolute atomic E-state index is 13.7. The first-order valence-electron chi connectivity index (χ1n) is 5.71. The van der Waals surface area contributed by atoms with Crippen molar-refractivity contribution in [2.24, 2.45) is 0 Å². The van der Waals surface area contributed by atoms with Gasteiger partial charge in [-0.2, -0.15) is 17.6 Å². The minimum atomic E-state index is -2.40. The van der Waals surface area contributed by atoms with Crippen molar-refractivity contribution in [3.05, 3.63) is 52.4 Å². The Morgan fingerprint density at radius 3 is 1.71 bits per heavy atom. The van der Waals surface area contributed by atoms with E-state index in [4.69, 9.17) is 5.11 Å². The summed E-state index contributed by atoms with van der Waals surface area (Å²) in [7, 11) is 0.